The predicted molar refractivity (Wildman–Crippen MR) is 116 cm³/mol. The molecule has 2 aliphatic carbocycles. The Hall–Kier alpha value is -2.40. The van der Waals surface area contributed by atoms with Crippen molar-refractivity contribution in [2.75, 3.05) is 0 Å². The molecular weight excluding hydrogens is 386 g/mol. The van der Waals surface area contributed by atoms with Gasteiger partial charge in [0.05, 0.1) is 22.8 Å². The normalized spacial score (nSPS) is 22.4. The Labute approximate surface area is 176 Å². The maximum atomic E-state index is 9.86. The van der Waals surface area contributed by atoms with Crippen molar-refractivity contribution in [1.82, 2.24) is 4.98 Å². The highest BCUT2D eigenvalue weighted by Crippen LogP contribution is 2.45. The van der Waals surface area contributed by atoms with Crippen LogP contribution in [0.3, 0.4) is 0 Å². The van der Waals surface area contributed by atoms with Crippen molar-refractivity contribution in [1.29, 1.82) is 0 Å². The molecule has 29 heavy (non-hydrogen) atoms. The van der Waals surface area contributed by atoms with Gasteiger partial charge in [0.15, 0.2) is 0 Å². The average molecular weight is 412 g/mol. The Morgan fingerprint density at radius 1 is 0.759 bits per heavy atom. The zero-order chi connectivity index (χ0) is 21.0. The maximum Gasteiger partial charge on any atom is 0.0898 e. The van der Waals surface area contributed by atoms with Crippen molar-refractivity contribution in [3.8, 4) is 11.1 Å². The number of hydrogen-bond donors (Lipinski definition) is 2. The largest absolute Gasteiger partial charge is 0.411 e. The first-order valence-electron chi connectivity index (χ1n) is 9.88. The van der Waals surface area contributed by atoms with Gasteiger partial charge in [0.25, 0.3) is 0 Å². The number of fused-ring (bicyclic) bond motifs is 2. The minimum absolute atomic E-state index is 0.0504. The van der Waals surface area contributed by atoms with Crippen molar-refractivity contribution in [3.05, 3.63) is 51.8 Å². The highest BCUT2D eigenvalue weighted by molar-refractivity contribution is 6.30. The lowest BCUT2D eigenvalue weighted by Gasteiger charge is -2.37. The molecule has 0 saturated heterocycles. The van der Waals surface area contributed by atoms with Gasteiger partial charge in [-0.1, -0.05) is 61.7 Å². The summed E-state index contributed by atoms with van der Waals surface area (Å²) in [5, 5.41) is 27.7. The maximum absolute atomic E-state index is 9.86. The van der Waals surface area contributed by atoms with Crippen LogP contribution in [0.15, 0.2) is 34.6 Å². The number of hydrogen-bond acceptors (Lipinski definition) is 5. The monoisotopic (exact) mass is 411 g/mol. The molecule has 5 nitrogen and oxygen atoms in total. The topological polar surface area (TPSA) is 78.1 Å². The number of aromatic nitrogens is 1. The zero-order valence-corrected chi connectivity index (χ0v) is 18.0. The van der Waals surface area contributed by atoms with E-state index in [1.165, 1.54) is 0 Å². The van der Waals surface area contributed by atoms with Crippen LogP contribution in [0.2, 0.25) is 5.02 Å². The predicted octanol–water partition coefficient (Wildman–Crippen LogP) is 5.70. The second kappa shape index (κ2) is 6.84. The van der Waals surface area contributed by atoms with Gasteiger partial charge in [0.2, 0.25) is 0 Å². The molecule has 0 atom stereocenters. The minimum atomic E-state index is -0.0504. The van der Waals surface area contributed by atoms with Crippen LogP contribution in [0.4, 0.5) is 0 Å². The fraction of sp³-hybridized carbons (Fsp3) is 0.435. The van der Waals surface area contributed by atoms with Crippen LogP contribution in [0.25, 0.3) is 11.1 Å². The second-order valence-corrected chi connectivity index (χ2v) is 10.2. The van der Waals surface area contributed by atoms with Gasteiger partial charge in [-0.05, 0) is 54.2 Å². The summed E-state index contributed by atoms with van der Waals surface area (Å²) < 4.78 is 0. The number of halogens is 1. The Bertz CT molecular complexity index is 979. The molecule has 0 fully saturated rings. The van der Waals surface area contributed by atoms with E-state index in [0.717, 1.165) is 46.5 Å². The fourth-order valence-corrected chi connectivity index (χ4v) is 4.88. The number of oxime groups is 2. The number of pyridine rings is 1. The molecule has 1 aromatic heterocycles. The molecule has 2 aliphatic rings. The molecule has 0 saturated carbocycles. The van der Waals surface area contributed by atoms with Crippen molar-refractivity contribution < 1.29 is 10.4 Å². The molecule has 6 heteroatoms. The molecule has 0 aliphatic heterocycles. The summed E-state index contributed by atoms with van der Waals surface area (Å²) >= 11 is 6.13. The van der Waals surface area contributed by atoms with Crippen LogP contribution in [0.1, 0.15) is 63.1 Å². The summed E-state index contributed by atoms with van der Waals surface area (Å²) in [7, 11) is 0. The first-order valence-corrected chi connectivity index (χ1v) is 10.3. The summed E-state index contributed by atoms with van der Waals surface area (Å²) in [5.74, 6) is 0. The Kier molecular flexibility index (Phi) is 4.69. The molecule has 0 spiro atoms. The van der Waals surface area contributed by atoms with Gasteiger partial charge >= 0.3 is 0 Å². The van der Waals surface area contributed by atoms with Crippen LogP contribution < -0.4 is 0 Å². The fourth-order valence-electron chi connectivity index (χ4n) is 4.76. The van der Waals surface area contributed by atoms with Crippen LogP contribution >= 0.6 is 11.6 Å². The second-order valence-electron chi connectivity index (χ2n) is 9.77. The van der Waals surface area contributed by atoms with Crippen LogP contribution in [0, 0.1) is 10.8 Å². The lowest BCUT2D eigenvalue weighted by atomic mass is 9.69. The minimum Gasteiger partial charge on any atom is -0.411 e. The third-order valence-electron chi connectivity index (χ3n) is 5.88. The molecule has 2 aromatic rings. The Morgan fingerprint density at radius 2 is 1.21 bits per heavy atom. The van der Waals surface area contributed by atoms with Gasteiger partial charge in [-0.15, -0.1) is 0 Å². The van der Waals surface area contributed by atoms with E-state index in [1.807, 2.05) is 24.3 Å². The summed E-state index contributed by atoms with van der Waals surface area (Å²) in [6, 6.07) is 7.62. The quantitative estimate of drug-likeness (QED) is 0.466. The van der Waals surface area contributed by atoms with Crippen LogP contribution in [0.5, 0.6) is 0 Å². The number of benzene rings is 1. The third kappa shape index (κ3) is 3.52. The molecule has 2 N–H and O–H groups in total. The molecule has 1 heterocycles. The molecule has 4 rings (SSSR count). The van der Waals surface area contributed by atoms with E-state index in [0.29, 0.717) is 29.3 Å². The molecular formula is C23H26ClN3O2. The first kappa shape index (κ1) is 19.9. The van der Waals surface area contributed by atoms with E-state index >= 15 is 0 Å². The van der Waals surface area contributed by atoms with Gasteiger partial charge in [0, 0.05) is 21.7 Å². The molecule has 0 unspecified atom stereocenters. The van der Waals surface area contributed by atoms with E-state index in [4.69, 9.17) is 16.6 Å². The van der Waals surface area contributed by atoms with Gasteiger partial charge in [0.1, 0.15) is 0 Å². The van der Waals surface area contributed by atoms with Crippen LogP contribution in [-0.4, -0.2) is 26.8 Å². The van der Waals surface area contributed by atoms with Gasteiger partial charge in [-0.2, -0.15) is 0 Å². The summed E-state index contributed by atoms with van der Waals surface area (Å²) in [6.07, 6.45) is 2.88. The summed E-state index contributed by atoms with van der Waals surface area (Å²) in [5.41, 5.74) is 6.61. The van der Waals surface area contributed by atoms with Crippen molar-refractivity contribution >= 4 is 23.0 Å². The van der Waals surface area contributed by atoms with Crippen molar-refractivity contribution in [2.24, 2.45) is 21.1 Å². The van der Waals surface area contributed by atoms with E-state index in [1.54, 1.807) is 0 Å². The SMILES string of the molecule is CC1(C)C/C(=N\O)c2c(nc3c(c2-c2ccc(Cl)cc2)/C(=N/O)CC(C)(C)C3)C1. The van der Waals surface area contributed by atoms with Crippen LogP contribution in [-0.2, 0) is 12.8 Å². The third-order valence-corrected chi connectivity index (χ3v) is 6.13. The molecule has 1 aromatic carbocycles. The molecule has 0 radical (unpaired) electrons. The standard InChI is InChI=1S/C23H26ClN3O2/c1-22(2)9-15-20(17(11-22)26-28)19(13-5-7-14(24)8-6-13)21-16(25-15)10-23(3,4)12-18(21)27-29/h5-8,28-29H,9-12H2,1-4H3/b26-17+,27-18+. The molecule has 0 amide bonds. The van der Waals surface area contributed by atoms with E-state index in [2.05, 4.69) is 38.0 Å². The van der Waals surface area contributed by atoms with Crippen molar-refractivity contribution in [3.63, 3.8) is 0 Å². The van der Waals surface area contributed by atoms with E-state index in [-0.39, 0.29) is 10.8 Å². The lowest BCUT2D eigenvalue weighted by molar-refractivity contribution is 0.303. The van der Waals surface area contributed by atoms with E-state index in [9.17, 15) is 10.4 Å². The van der Waals surface area contributed by atoms with E-state index < -0.39 is 0 Å². The smallest absolute Gasteiger partial charge is 0.0898 e. The Balaban J connectivity index is 2.10. The lowest BCUT2D eigenvalue weighted by Crippen LogP contribution is -2.34. The number of nitrogens with zero attached hydrogens (tertiary/aromatic N) is 3. The Morgan fingerprint density at radius 3 is 1.62 bits per heavy atom. The zero-order valence-electron chi connectivity index (χ0n) is 17.3. The summed E-state index contributed by atoms with van der Waals surface area (Å²) in [4.78, 5) is 5.04. The average Bonchev–Trinajstić information content (AvgIpc) is 2.64. The molecule has 0 bridgehead atoms. The van der Waals surface area contributed by atoms with Gasteiger partial charge < -0.3 is 10.4 Å². The van der Waals surface area contributed by atoms with Crippen molar-refractivity contribution in [2.45, 2.75) is 53.4 Å². The highest BCUT2D eigenvalue weighted by atomic mass is 35.5. The summed E-state index contributed by atoms with van der Waals surface area (Å²) in [6.45, 7) is 8.65. The number of rotatable bonds is 1. The first-order chi connectivity index (χ1) is 13.6. The highest BCUT2D eigenvalue weighted by Gasteiger charge is 2.39. The van der Waals surface area contributed by atoms with Gasteiger partial charge in [-0.25, -0.2) is 0 Å². The van der Waals surface area contributed by atoms with Gasteiger partial charge in [-0.3, -0.25) is 4.98 Å². The molecule has 152 valence electrons.